The van der Waals surface area contributed by atoms with E-state index in [0.717, 1.165) is 22.9 Å². The monoisotopic (exact) mass is 461 g/mol. The topological polar surface area (TPSA) is 72.9 Å². The van der Waals surface area contributed by atoms with Crippen LogP contribution < -0.4 is 4.74 Å². The van der Waals surface area contributed by atoms with E-state index >= 15 is 0 Å². The average molecular weight is 462 g/mol. The van der Waals surface area contributed by atoms with Gasteiger partial charge in [0.15, 0.2) is 6.61 Å². The first kappa shape index (κ1) is 20.2. The summed E-state index contributed by atoms with van der Waals surface area (Å²) in [5, 5.41) is -0.294. The minimum Gasteiger partial charge on any atom is -0.481 e. The van der Waals surface area contributed by atoms with Crippen LogP contribution in [-0.2, 0) is 20.9 Å². The molecule has 3 rings (SSSR count). The average Bonchev–Trinajstić information content (AvgIpc) is 2.95. The molecule has 0 aliphatic carbocycles. The number of rotatable bonds is 6. The third kappa shape index (κ3) is 4.82. The van der Waals surface area contributed by atoms with Crippen LogP contribution in [0.25, 0.3) is 6.08 Å². The quantitative estimate of drug-likeness (QED) is 0.473. The van der Waals surface area contributed by atoms with Crippen molar-refractivity contribution >= 4 is 50.9 Å². The normalized spacial score (nSPS) is 15.2. The van der Waals surface area contributed by atoms with Gasteiger partial charge in [-0.2, -0.15) is 0 Å². The molecule has 1 aliphatic rings. The number of methoxy groups -OCH3 is 1. The molecule has 0 N–H and O–H groups in total. The molecule has 1 fully saturated rings. The number of benzene rings is 2. The van der Waals surface area contributed by atoms with E-state index in [-0.39, 0.29) is 24.3 Å². The molecule has 0 aromatic heterocycles. The molecule has 0 unspecified atom stereocenters. The number of nitrogens with zero attached hydrogens (tertiary/aromatic N) is 1. The number of thioether (sulfide) groups is 1. The first-order valence-corrected chi connectivity index (χ1v) is 9.87. The summed E-state index contributed by atoms with van der Waals surface area (Å²) in [6, 6.07) is 14.5. The number of hydrogen-bond acceptors (Lipinski definition) is 6. The molecular weight excluding hydrogens is 446 g/mol. The highest BCUT2D eigenvalue weighted by molar-refractivity contribution is 9.10. The number of halogens is 1. The van der Waals surface area contributed by atoms with Crippen molar-refractivity contribution in [2.45, 2.75) is 6.54 Å². The van der Waals surface area contributed by atoms with Crippen molar-refractivity contribution in [3.8, 4) is 5.75 Å². The van der Waals surface area contributed by atoms with Gasteiger partial charge in [0, 0.05) is 0 Å². The lowest BCUT2D eigenvalue weighted by molar-refractivity contribution is -0.142. The Bertz CT molecular complexity index is 945. The van der Waals surface area contributed by atoms with E-state index in [4.69, 9.17) is 4.74 Å². The largest absolute Gasteiger partial charge is 0.481 e. The number of imide groups is 1. The van der Waals surface area contributed by atoms with E-state index in [2.05, 4.69) is 20.7 Å². The van der Waals surface area contributed by atoms with Crippen molar-refractivity contribution in [3.63, 3.8) is 0 Å². The smallest absolute Gasteiger partial charge is 0.343 e. The summed E-state index contributed by atoms with van der Waals surface area (Å²) >= 11 is 4.29. The van der Waals surface area contributed by atoms with Crippen LogP contribution in [0.3, 0.4) is 0 Å². The third-order valence-electron chi connectivity index (χ3n) is 3.88. The van der Waals surface area contributed by atoms with Crippen LogP contribution in [0.4, 0.5) is 4.79 Å². The van der Waals surface area contributed by atoms with Crippen LogP contribution in [0, 0.1) is 0 Å². The molecule has 28 heavy (non-hydrogen) atoms. The van der Waals surface area contributed by atoms with Gasteiger partial charge in [-0.1, -0.05) is 36.4 Å². The fourth-order valence-corrected chi connectivity index (χ4v) is 3.82. The first-order chi connectivity index (χ1) is 13.5. The second-order valence-electron chi connectivity index (χ2n) is 5.81. The summed E-state index contributed by atoms with van der Waals surface area (Å²) in [5.74, 6) is -0.330. The van der Waals surface area contributed by atoms with Crippen LogP contribution >= 0.6 is 27.7 Å². The summed E-state index contributed by atoms with van der Waals surface area (Å²) in [5.41, 5.74) is 1.61. The Kier molecular flexibility index (Phi) is 6.53. The minimum absolute atomic E-state index is 0.202. The molecule has 0 radical (unpaired) electrons. The minimum atomic E-state index is -0.483. The summed E-state index contributed by atoms with van der Waals surface area (Å²) in [4.78, 5) is 37.6. The molecule has 0 spiro atoms. The van der Waals surface area contributed by atoms with E-state index in [1.165, 1.54) is 12.0 Å². The van der Waals surface area contributed by atoms with Crippen molar-refractivity contribution in [1.29, 1.82) is 0 Å². The van der Waals surface area contributed by atoms with E-state index < -0.39 is 5.97 Å². The molecule has 1 saturated heterocycles. The predicted octanol–water partition coefficient (Wildman–Crippen LogP) is 4.24. The highest BCUT2D eigenvalue weighted by atomic mass is 79.9. The Morgan fingerprint density at radius 1 is 1.18 bits per heavy atom. The zero-order chi connectivity index (χ0) is 20.1. The van der Waals surface area contributed by atoms with Gasteiger partial charge in [0.2, 0.25) is 0 Å². The van der Waals surface area contributed by atoms with Crippen LogP contribution in [0.2, 0.25) is 0 Å². The number of carbonyl (C=O) groups is 3. The van der Waals surface area contributed by atoms with Gasteiger partial charge in [0.05, 0.1) is 23.0 Å². The Morgan fingerprint density at radius 2 is 1.93 bits per heavy atom. The number of ether oxygens (including phenoxy) is 2. The van der Waals surface area contributed by atoms with Crippen LogP contribution in [0.1, 0.15) is 11.1 Å². The Labute approximate surface area is 174 Å². The van der Waals surface area contributed by atoms with Gasteiger partial charge in [-0.15, -0.1) is 0 Å². The highest BCUT2D eigenvalue weighted by Gasteiger charge is 2.34. The molecule has 0 saturated carbocycles. The highest BCUT2D eigenvalue weighted by Crippen LogP contribution is 2.34. The van der Waals surface area contributed by atoms with Gasteiger partial charge in [-0.05, 0) is 57.0 Å². The van der Waals surface area contributed by atoms with E-state index in [1.54, 1.807) is 24.3 Å². The SMILES string of the molecule is COC(=O)COc1ccc(/C=C2/SC(=O)N(Cc3ccccc3)C2=O)cc1Br. The predicted molar refractivity (Wildman–Crippen MR) is 110 cm³/mol. The maximum absolute atomic E-state index is 12.6. The van der Waals surface area contributed by atoms with Gasteiger partial charge < -0.3 is 9.47 Å². The van der Waals surface area contributed by atoms with E-state index in [1.807, 2.05) is 30.3 Å². The van der Waals surface area contributed by atoms with E-state index in [0.29, 0.717) is 15.1 Å². The zero-order valence-electron chi connectivity index (χ0n) is 14.9. The van der Waals surface area contributed by atoms with Gasteiger partial charge >= 0.3 is 5.97 Å². The molecule has 1 heterocycles. The maximum Gasteiger partial charge on any atom is 0.343 e. The third-order valence-corrected chi connectivity index (χ3v) is 5.41. The fraction of sp³-hybridized carbons (Fsp3) is 0.150. The molecular formula is C20H16BrNO5S. The molecule has 6 nitrogen and oxygen atoms in total. The zero-order valence-corrected chi connectivity index (χ0v) is 17.3. The lowest BCUT2D eigenvalue weighted by Crippen LogP contribution is -2.27. The Morgan fingerprint density at radius 3 is 2.61 bits per heavy atom. The number of hydrogen-bond donors (Lipinski definition) is 0. The Balaban J connectivity index is 1.73. The van der Waals surface area contributed by atoms with Crippen LogP contribution in [0.15, 0.2) is 57.9 Å². The maximum atomic E-state index is 12.6. The number of amides is 2. The second kappa shape index (κ2) is 9.07. The van der Waals surface area contributed by atoms with Crippen molar-refractivity contribution in [2.24, 2.45) is 0 Å². The van der Waals surface area contributed by atoms with Gasteiger partial charge in [-0.25, -0.2) is 4.79 Å². The molecule has 0 bridgehead atoms. The van der Waals surface area contributed by atoms with Crippen LogP contribution in [-0.4, -0.2) is 35.7 Å². The van der Waals surface area contributed by atoms with Crippen molar-refractivity contribution in [3.05, 3.63) is 69.0 Å². The lowest BCUT2D eigenvalue weighted by atomic mass is 10.2. The first-order valence-electron chi connectivity index (χ1n) is 8.26. The summed E-state index contributed by atoms with van der Waals surface area (Å²) in [6.07, 6.45) is 1.66. The molecule has 144 valence electrons. The summed E-state index contributed by atoms with van der Waals surface area (Å²) < 4.78 is 10.5. The number of carbonyl (C=O) groups excluding carboxylic acids is 3. The molecule has 0 atom stereocenters. The fourth-order valence-electron chi connectivity index (χ4n) is 2.47. The second-order valence-corrected chi connectivity index (χ2v) is 7.66. The van der Waals surface area contributed by atoms with Crippen molar-refractivity contribution in [2.75, 3.05) is 13.7 Å². The van der Waals surface area contributed by atoms with Crippen LogP contribution in [0.5, 0.6) is 5.75 Å². The van der Waals surface area contributed by atoms with Gasteiger partial charge in [-0.3, -0.25) is 14.5 Å². The van der Waals surface area contributed by atoms with Gasteiger partial charge in [0.1, 0.15) is 5.75 Å². The standard InChI is InChI=1S/C20H16BrNO5S/c1-26-18(23)12-27-16-8-7-14(9-15(16)21)10-17-19(24)22(20(25)28-17)11-13-5-3-2-4-6-13/h2-10H,11-12H2,1H3/b17-10+. The lowest BCUT2D eigenvalue weighted by Gasteiger charge is -2.12. The number of esters is 1. The van der Waals surface area contributed by atoms with E-state index in [9.17, 15) is 14.4 Å². The molecule has 2 amide bonds. The van der Waals surface area contributed by atoms with Gasteiger partial charge in [0.25, 0.3) is 11.1 Å². The molecule has 2 aromatic carbocycles. The summed E-state index contributed by atoms with van der Waals surface area (Å²) in [6.45, 7) is 0.0413. The van der Waals surface area contributed by atoms with Crippen molar-refractivity contribution < 1.29 is 23.9 Å². The molecule has 8 heteroatoms. The summed E-state index contributed by atoms with van der Waals surface area (Å²) in [7, 11) is 1.29. The Hall–Kier alpha value is -2.58. The molecule has 1 aliphatic heterocycles. The van der Waals surface area contributed by atoms with Crippen molar-refractivity contribution in [1.82, 2.24) is 4.90 Å². The molecule has 2 aromatic rings.